The number of fused-ring (bicyclic) bond motifs is 1. The van der Waals surface area contributed by atoms with Crippen molar-refractivity contribution in [2.45, 2.75) is 6.92 Å². The van der Waals surface area contributed by atoms with Crippen LogP contribution in [-0.2, 0) is 4.79 Å². The number of anilines is 2. The van der Waals surface area contributed by atoms with Crippen molar-refractivity contribution in [3.8, 4) is 5.75 Å². The molecule has 0 fully saturated rings. The van der Waals surface area contributed by atoms with Crippen molar-refractivity contribution in [1.29, 1.82) is 0 Å². The second-order valence-electron chi connectivity index (χ2n) is 3.58. The summed E-state index contributed by atoms with van der Waals surface area (Å²) in [5.41, 5.74) is 6.66. The minimum absolute atomic E-state index is 0.0876. The first-order valence-corrected chi connectivity index (χ1v) is 4.98. The molecular weight excluding hydrogens is 216 g/mol. The number of benzene rings is 1. The zero-order valence-corrected chi connectivity index (χ0v) is 8.97. The van der Waals surface area contributed by atoms with Gasteiger partial charge in [0.05, 0.1) is 23.2 Å². The third-order valence-electron chi connectivity index (χ3n) is 2.25. The molecule has 1 aliphatic rings. The van der Waals surface area contributed by atoms with E-state index >= 15 is 0 Å². The Hall–Kier alpha value is -1.42. The zero-order chi connectivity index (χ0) is 11.0. The fraction of sp³-hybridized carbons (Fsp3) is 0.300. The van der Waals surface area contributed by atoms with Gasteiger partial charge in [-0.05, 0) is 12.1 Å². The van der Waals surface area contributed by atoms with E-state index < -0.39 is 0 Å². The van der Waals surface area contributed by atoms with E-state index in [1.807, 2.05) is 0 Å². The van der Waals surface area contributed by atoms with E-state index in [2.05, 4.69) is 5.32 Å². The van der Waals surface area contributed by atoms with Crippen LogP contribution in [0.3, 0.4) is 0 Å². The highest BCUT2D eigenvalue weighted by Crippen LogP contribution is 2.37. The van der Waals surface area contributed by atoms with Crippen LogP contribution < -0.4 is 15.8 Å². The van der Waals surface area contributed by atoms with Crippen molar-refractivity contribution in [3.05, 3.63) is 17.2 Å². The average Bonchev–Trinajstić information content (AvgIpc) is 2.27. The van der Waals surface area contributed by atoms with Gasteiger partial charge in [-0.1, -0.05) is 18.5 Å². The molecular formula is C10H11ClN2O2. The molecule has 0 saturated heterocycles. The van der Waals surface area contributed by atoms with Gasteiger partial charge >= 0.3 is 0 Å². The largest absolute Gasteiger partial charge is 0.489 e. The van der Waals surface area contributed by atoms with E-state index in [9.17, 15) is 4.79 Å². The van der Waals surface area contributed by atoms with Gasteiger partial charge in [0.2, 0.25) is 5.91 Å². The van der Waals surface area contributed by atoms with Gasteiger partial charge in [-0.15, -0.1) is 0 Å². The molecule has 1 unspecified atom stereocenters. The van der Waals surface area contributed by atoms with Crippen LogP contribution in [0.2, 0.25) is 5.02 Å². The molecule has 0 aromatic heterocycles. The molecule has 0 bridgehead atoms. The third kappa shape index (κ3) is 1.85. The van der Waals surface area contributed by atoms with Gasteiger partial charge in [0, 0.05) is 5.69 Å². The monoisotopic (exact) mass is 226 g/mol. The maximum Gasteiger partial charge on any atom is 0.230 e. The Bertz CT molecular complexity index is 420. The highest BCUT2D eigenvalue weighted by atomic mass is 35.5. The number of nitrogen functional groups attached to an aromatic ring is 1. The molecule has 4 nitrogen and oxygen atoms in total. The van der Waals surface area contributed by atoms with Crippen molar-refractivity contribution in [1.82, 2.24) is 0 Å². The number of nitrogens with two attached hydrogens (primary N) is 1. The standard InChI is InChI=1S/C10H11ClN2O2/c1-5-4-15-9-7(11)2-6(12)3-8(9)13-10(5)14/h2-3,5H,4,12H2,1H3,(H,13,14). The maximum atomic E-state index is 11.5. The first-order valence-electron chi connectivity index (χ1n) is 4.60. The smallest absolute Gasteiger partial charge is 0.230 e. The summed E-state index contributed by atoms with van der Waals surface area (Å²) in [6, 6.07) is 3.24. The van der Waals surface area contributed by atoms with Crippen LogP contribution in [0, 0.1) is 5.92 Å². The second-order valence-corrected chi connectivity index (χ2v) is 3.99. The van der Waals surface area contributed by atoms with Gasteiger partial charge < -0.3 is 15.8 Å². The lowest BCUT2D eigenvalue weighted by atomic mass is 10.2. The van der Waals surface area contributed by atoms with Crippen molar-refractivity contribution in [2.75, 3.05) is 17.7 Å². The van der Waals surface area contributed by atoms with Crippen molar-refractivity contribution >= 4 is 28.9 Å². The van der Waals surface area contributed by atoms with Crippen LogP contribution in [0.25, 0.3) is 0 Å². The lowest BCUT2D eigenvalue weighted by molar-refractivity contribution is -0.119. The number of carbonyl (C=O) groups is 1. The third-order valence-corrected chi connectivity index (χ3v) is 2.53. The molecule has 80 valence electrons. The first kappa shape index (κ1) is 10.1. The van der Waals surface area contributed by atoms with E-state index in [-0.39, 0.29) is 11.8 Å². The Balaban J connectivity index is 2.47. The Morgan fingerprint density at radius 2 is 2.33 bits per heavy atom. The lowest BCUT2D eigenvalue weighted by Gasteiger charge is -2.09. The predicted molar refractivity (Wildman–Crippen MR) is 59.2 cm³/mol. The van der Waals surface area contributed by atoms with Gasteiger partial charge in [0.25, 0.3) is 0 Å². The molecule has 1 atom stereocenters. The van der Waals surface area contributed by atoms with Crippen molar-refractivity contribution in [2.24, 2.45) is 5.92 Å². The fourth-order valence-corrected chi connectivity index (χ4v) is 1.68. The molecule has 1 aromatic carbocycles. The number of ether oxygens (including phenoxy) is 1. The Kier molecular flexibility index (Phi) is 2.44. The number of rotatable bonds is 0. The summed E-state index contributed by atoms with van der Waals surface area (Å²) in [5.74, 6) is 0.202. The summed E-state index contributed by atoms with van der Waals surface area (Å²) >= 11 is 5.96. The Labute approximate surface area is 92.4 Å². The number of hydrogen-bond acceptors (Lipinski definition) is 3. The molecule has 0 saturated carbocycles. The molecule has 5 heteroatoms. The summed E-state index contributed by atoms with van der Waals surface area (Å²) in [6.45, 7) is 2.11. The van der Waals surface area contributed by atoms with Crippen LogP contribution in [0.4, 0.5) is 11.4 Å². The quantitative estimate of drug-likeness (QED) is 0.664. The topological polar surface area (TPSA) is 64.3 Å². The van der Waals surface area contributed by atoms with Crippen molar-refractivity contribution < 1.29 is 9.53 Å². The molecule has 0 aliphatic carbocycles. The van der Waals surface area contributed by atoms with Crippen LogP contribution >= 0.6 is 11.6 Å². The predicted octanol–water partition coefficient (Wildman–Crippen LogP) is 1.89. The number of nitrogens with one attached hydrogen (secondary N) is 1. The number of amides is 1. The Morgan fingerprint density at radius 3 is 3.07 bits per heavy atom. The van der Waals surface area contributed by atoms with E-state index in [1.54, 1.807) is 19.1 Å². The molecule has 2 rings (SSSR count). The summed E-state index contributed by atoms with van der Waals surface area (Å²) in [4.78, 5) is 11.5. The minimum Gasteiger partial charge on any atom is -0.489 e. The van der Waals surface area contributed by atoms with Crippen molar-refractivity contribution in [3.63, 3.8) is 0 Å². The van der Waals surface area contributed by atoms with E-state index in [0.29, 0.717) is 28.8 Å². The van der Waals surface area contributed by atoms with Crippen LogP contribution in [0.15, 0.2) is 12.1 Å². The molecule has 3 N–H and O–H groups in total. The second kappa shape index (κ2) is 3.62. The molecule has 0 radical (unpaired) electrons. The number of carbonyl (C=O) groups excluding carboxylic acids is 1. The highest BCUT2D eigenvalue weighted by molar-refractivity contribution is 6.33. The fourth-order valence-electron chi connectivity index (χ4n) is 1.39. The van der Waals surface area contributed by atoms with Crippen LogP contribution in [-0.4, -0.2) is 12.5 Å². The van der Waals surface area contributed by atoms with Gasteiger partial charge in [0.1, 0.15) is 0 Å². The van der Waals surface area contributed by atoms with Crippen LogP contribution in [0.5, 0.6) is 5.75 Å². The SMILES string of the molecule is CC1COc2c(Cl)cc(N)cc2NC1=O. The Morgan fingerprint density at radius 1 is 1.60 bits per heavy atom. The maximum absolute atomic E-state index is 11.5. The van der Waals surface area contributed by atoms with E-state index in [4.69, 9.17) is 22.1 Å². The van der Waals surface area contributed by atoms with Gasteiger partial charge in [-0.2, -0.15) is 0 Å². The molecule has 1 aromatic rings. The normalized spacial score (nSPS) is 19.9. The minimum atomic E-state index is -0.199. The summed E-state index contributed by atoms with van der Waals surface area (Å²) in [7, 11) is 0. The van der Waals surface area contributed by atoms with Gasteiger partial charge in [-0.3, -0.25) is 4.79 Å². The molecule has 15 heavy (non-hydrogen) atoms. The lowest BCUT2D eigenvalue weighted by Crippen LogP contribution is -2.22. The molecule has 1 heterocycles. The first-order chi connectivity index (χ1) is 7.08. The zero-order valence-electron chi connectivity index (χ0n) is 8.21. The van der Waals surface area contributed by atoms with Crippen LogP contribution in [0.1, 0.15) is 6.92 Å². The summed E-state index contributed by atoms with van der Waals surface area (Å²) in [6.07, 6.45) is 0. The number of halogens is 1. The van der Waals surface area contributed by atoms with E-state index in [0.717, 1.165) is 0 Å². The number of hydrogen-bond donors (Lipinski definition) is 2. The molecule has 1 aliphatic heterocycles. The summed E-state index contributed by atoms with van der Waals surface area (Å²) in [5, 5.41) is 3.14. The molecule has 1 amide bonds. The van der Waals surface area contributed by atoms with E-state index in [1.165, 1.54) is 0 Å². The van der Waals surface area contributed by atoms with Gasteiger partial charge in [-0.25, -0.2) is 0 Å². The molecule has 0 spiro atoms. The highest BCUT2D eigenvalue weighted by Gasteiger charge is 2.22. The summed E-state index contributed by atoms with van der Waals surface area (Å²) < 4.78 is 5.45. The van der Waals surface area contributed by atoms with Gasteiger partial charge in [0.15, 0.2) is 5.75 Å². The average molecular weight is 227 g/mol.